The van der Waals surface area contributed by atoms with Gasteiger partial charge in [0, 0.05) is 19.3 Å². The fourth-order valence-electron chi connectivity index (χ4n) is 7.13. The summed E-state index contributed by atoms with van der Waals surface area (Å²) in [6.07, 6.45) is 82.7. The molecular weight excluding hydrogens is 877 g/mol. The van der Waals surface area contributed by atoms with Gasteiger partial charge in [-0.2, -0.15) is 0 Å². The van der Waals surface area contributed by atoms with Crippen LogP contribution >= 0.6 is 0 Å². The number of carbonyl (C=O) groups is 3. The van der Waals surface area contributed by atoms with Crippen molar-refractivity contribution >= 4 is 17.9 Å². The SMILES string of the molecule is CC/C=C\C/C=C\C/C=C\C/C=C\C/C=C\CCCCCCCCCC(=O)OCC(COC(=O)CCCCCCC/C=C\C/C=C\CCC)OC(=O)CCC/C=C\C/C=C\C/C=C\C/C=C\C/C=C\CC. The molecule has 0 rings (SSSR count). The van der Waals surface area contributed by atoms with E-state index in [1.54, 1.807) is 0 Å². The van der Waals surface area contributed by atoms with Gasteiger partial charge in [0.1, 0.15) is 13.2 Å². The smallest absolute Gasteiger partial charge is 0.306 e. The first-order valence-electron chi connectivity index (χ1n) is 28.3. The van der Waals surface area contributed by atoms with Crippen LogP contribution in [0.1, 0.15) is 226 Å². The zero-order chi connectivity index (χ0) is 51.4. The predicted octanol–water partition coefficient (Wildman–Crippen LogP) is 19.2. The fourth-order valence-corrected chi connectivity index (χ4v) is 7.13. The lowest BCUT2D eigenvalue weighted by molar-refractivity contribution is -0.167. The highest BCUT2D eigenvalue weighted by Gasteiger charge is 2.19. The van der Waals surface area contributed by atoms with Crippen molar-refractivity contribution in [2.75, 3.05) is 13.2 Å². The Balaban J connectivity index is 4.49. The quantitative estimate of drug-likeness (QED) is 0.0262. The molecule has 0 aliphatic rings. The minimum atomic E-state index is -0.825. The van der Waals surface area contributed by atoms with E-state index in [0.717, 1.165) is 148 Å². The van der Waals surface area contributed by atoms with Gasteiger partial charge in [0.25, 0.3) is 0 Å². The molecule has 0 radical (unpaired) electrons. The Morgan fingerprint density at radius 2 is 0.563 bits per heavy atom. The van der Waals surface area contributed by atoms with Crippen LogP contribution in [0.25, 0.3) is 0 Å². The summed E-state index contributed by atoms with van der Waals surface area (Å²) in [5.74, 6) is -1.01. The summed E-state index contributed by atoms with van der Waals surface area (Å²) in [6, 6.07) is 0. The molecule has 0 aliphatic carbocycles. The molecule has 1 unspecified atom stereocenters. The molecule has 0 spiro atoms. The Bertz CT molecular complexity index is 1590. The Hall–Kier alpha value is -4.71. The summed E-state index contributed by atoms with van der Waals surface area (Å²) >= 11 is 0. The summed E-state index contributed by atoms with van der Waals surface area (Å²) in [5.41, 5.74) is 0. The van der Waals surface area contributed by atoms with Crippen LogP contribution in [0.3, 0.4) is 0 Å². The molecule has 0 aromatic rings. The molecule has 1 atom stereocenters. The Labute approximate surface area is 436 Å². The number of esters is 3. The Morgan fingerprint density at radius 3 is 0.901 bits per heavy atom. The van der Waals surface area contributed by atoms with E-state index in [0.29, 0.717) is 19.3 Å². The number of hydrogen-bond acceptors (Lipinski definition) is 6. The van der Waals surface area contributed by atoms with E-state index in [1.807, 2.05) is 0 Å². The van der Waals surface area contributed by atoms with Crippen LogP contribution in [0.4, 0.5) is 0 Å². The zero-order valence-corrected chi connectivity index (χ0v) is 45.4. The summed E-state index contributed by atoms with van der Waals surface area (Å²) in [7, 11) is 0. The van der Waals surface area contributed by atoms with Gasteiger partial charge in [-0.3, -0.25) is 14.4 Å². The molecule has 6 heteroatoms. The third-order valence-corrected chi connectivity index (χ3v) is 11.3. The van der Waals surface area contributed by atoms with Crippen molar-refractivity contribution in [3.8, 4) is 0 Å². The van der Waals surface area contributed by atoms with Gasteiger partial charge in [0.2, 0.25) is 0 Å². The van der Waals surface area contributed by atoms with Crippen LogP contribution < -0.4 is 0 Å². The number of unbranched alkanes of at least 4 members (excludes halogenated alkanes) is 14. The number of ether oxygens (including phenoxy) is 3. The molecule has 0 saturated heterocycles. The first kappa shape index (κ1) is 66.3. The van der Waals surface area contributed by atoms with E-state index in [-0.39, 0.29) is 37.5 Å². The lowest BCUT2D eigenvalue weighted by Gasteiger charge is -2.18. The third kappa shape index (κ3) is 56.1. The highest BCUT2D eigenvalue weighted by atomic mass is 16.6. The lowest BCUT2D eigenvalue weighted by Crippen LogP contribution is -2.30. The first-order chi connectivity index (χ1) is 35.0. The van der Waals surface area contributed by atoms with Gasteiger partial charge in [0.15, 0.2) is 6.10 Å². The van der Waals surface area contributed by atoms with Crippen molar-refractivity contribution in [1.82, 2.24) is 0 Å². The van der Waals surface area contributed by atoms with E-state index < -0.39 is 6.10 Å². The molecule has 6 nitrogen and oxygen atoms in total. The maximum atomic E-state index is 12.8. The second-order valence-electron chi connectivity index (χ2n) is 18.1. The highest BCUT2D eigenvalue weighted by Crippen LogP contribution is 2.13. The van der Waals surface area contributed by atoms with Gasteiger partial charge in [-0.05, 0) is 128 Å². The van der Waals surface area contributed by atoms with Crippen molar-refractivity contribution in [2.45, 2.75) is 232 Å². The summed E-state index contributed by atoms with van der Waals surface area (Å²) in [4.78, 5) is 38.1. The van der Waals surface area contributed by atoms with Gasteiger partial charge in [-0.1, -0.05) is 224 Å². The maximum Gasteiger partial charge on any atom is 0.306 e. The second kappa shape index (κ2) is 57.9. The zero-order valence-electron chi connectivity index (χ0n) is 45.4. The van der Waals surface area contributed by atoms with Crippen molar-refractivity contribution in [3.63, 3.8) is 0 Å². The molecular formula is C65H102O6. The number of hydrogen-bond donors (Lipinski definition) is 0. The van der Waals surface area contributed by atoms with Crippen LogP contribution in [0.5, 0.6) is 0 Å². The molecule has 0 saturated carbocycles. The van der Waals surface area contributed by atoms with Crippen molar-refractivity contribution in [3.05, 3.63) is 146 Å². The van der Waals surface area contributed by atoms with E-state index in [1.165, 1.54) is 32.1 Å². The van der Waals surface area contributed by atoms with Crippen LogP contribution in [0, 0.1) is 0 Å². The molecule has 0 aliphatic heterocycles. The standard InChI is InChI=1S/C65H102O6/c1-4-7-10-13-16-19-22-25-27-29-30-31-32-33-34-36-37-40-43-46-49-52-55-58-64(67)70-61-62(60-69-63(66)57-54-51-48-45-42-39-24-21-18-15-12-9-6-3)71-65(68)59-56-53-50-47-44-41-38-35-28-26-23-20-17-14-11-8-5-2/h7-8,10-12,15-17,19-21,24-28,30-31,33-34,38,41,47,50,62H,4-6,9,13-14,18,22-23,29,32,35-37,39-40,42-46,48-49,51-61H2,1-3H3/b10-7-,11-8-,15-12-,19-16-,20-17-,24-21-,27-25-,28-26-,31-30-,34-33-,41-38-,50-47-. The molecule has 71 heavy (non-hydrogen) atoms. The topological polar surface area (TPSA) is 78.9 Å². The van der Waals surface area contributed by atoms with Crippen LogP contribution in [-0.2, 0) is 28.6 Å². The number of rotatable bonds is 49. The molecule has 0 aromatic carbocycles. The Morgan fingerprint density at radius 1 is 0.296 bits per heavy atom. The van der Waals surface area contributed by atoms with E-state index in [4.69, 9.17) is 14.2 Å². The first-order valence-corrected chi connectivity index (χ1v) is 28.3. The van der Waals surface area contributed by atoms with Crippen LogP contribution in [-0.4, -0.2) is 37.2 Å². The summed E-state index contributed by atoms with van der Waals surface area (Å²) < 4.78 is 16.8. The van der Waals surface area contributed by atoms with E-state index in [9.17, 15) is 14.4 Å². The van der Waals surface area contributed by atoms with Gasteiger partial charge in [-0.25, -0.2) is 0 Å². The third-order valence-electron chi connectivity index (χ3n) is 11.3. The Kier molecular flexibility index (Phi) is 54.0. The van der Waals surface area contributed by atoms with Gasteiger partial charge < -0.3 is 14.2 Å². The predicted molar refractivity (Wildman–Crippen MR) is 306 cm³/mol. The van der Waals surface area contributed by atoms with Gasteiger partial charge in [-0.15, -0.1) is 0 Å². The maximum absolute atomic E-state index is 12.8. The molecule has 0 N–H and O–H groups in total. The number of allylic oxidation sites excluding steroid dienone is 24. The van der Waals surface area contributed by atoms with Crippen molar-refractivity contribution < 1.29 is 28.6 Å². The minimum Gasteiger partial charge on any atom is -0.462 e. The van der Waals surface area contributed by atoms with E-state index in [2.05, 4.69) is 167 Å². The van der Waals surface area contributed by atoms with Gasteiger partial charge >= 0.3 is 17.9 Å². The lowest BCUT2D eigenvalue weighted by atomic mass is 10.1. The molecule has 0 fully saturated rings. The van der Waals surface area contributed by atoms with Crippen molar-refractivity contribution in [2.24, 2.45) is 0 Å². The molecule has 398 valence electrons. The minimum absolute atomic E-state index is 0.117. The molecule has 0 heterocycles. The number of carbonyl (C=O) groups excluding carboxylic acids is 3. The van der Waals surface area contributed by atoms with Crippen LogP contribution in [0.15, 0.2) is 146 Å². The molecule has 0 bridgehead atoms. The highest BCUT2D eigenvalue weighted by molar-refractivity contribution is 5.71. The van der Waals surface area contributed by atoms with Crippen molar-refractivity contribution in [1.29, 1.82) is 0 Å². The largest absolute Gasteiger partial charge is 0.462 e. The van der Waals surface area contributed by atoms with E-state index >= 15 is 0 Å². The fraction of sp³-hybridized carbons (Fsp3) is 0.585. The monoisotopic (exact) mass is 979 g/mol. The molecule has 0 amide bonds. The molecule has 0 aromatic heterocycles. The average Bonchev–Trinajstić information content (AvgIpc) is 3.37. The van der Waals surface area contributed by atoms with Crippen LogP contribution in [0.2, 0.25) is 0 Å². The summed E-state index contributed by atoms with van der Waals surface area (Å²) in [5, 5.41) is 0. The normalized spacial score (nSPS) is 13.2. The van der Waals surface area contributed by atoms with Gasteiger partial charge in [0.05, 0.1) is 0 Å². The summed E-state index contributed by atoms with van der Waals surface area (Å²) in [6.45, 7) is 6.26. The second-order valence-corrected chi connectivity index (χ2v) is 18.1. The average molecular weight is 980 g/mol.